The van der Waals surface area contributed by atoms with E-state index < -0.39 is 0 Å². The molecule has 1 heterocycles. The number of hydrogen-bond donors (Lipinski definition) is 0. The Kier molecular flexibility index (Phi) is 8.55. The Morgan fingerprint density at radius 3 is 1.63 bits per heavy atom. The number of nitrogens with zero attached hydrogens (tertiary/aromatic N) is 2. The van der Waals surface area contributed by atoms with Crippen LogP contribution in [0.3, 0.4) is 0 Å². The molecule has 0 aliphatic heterocycles. The molecule has 1 aliphatic carbocycles. The van der Waals surface area contributed by atoms with Crippen molar-refractivity contribution in [3.8, 4) is 78.4 Å². The van der Waals surface area contributed by atoms with Crippen molar-refractivity contribution in [2.75, 3.05) is 0 Å². The van der Waals surface area contributed by atoms with Crippen molar-refractivity contribution in [2.24, 2.45) is 0 Å². The summed E-state index contributed by atoms with van der Waals surface area (Å²) in [5.74, 6) is 0.702. The molecule has 10 aromatic carbocycles. The fourth-order valence-electron chi connectivity index (χ4n) is 10.2. The van der Waals surface area contributed by atoms with Crippen LogP contribution in [0.2, 0.25) is 0 Å². The van der Waals surface area contributed by atoms with E-state index in [1.54, 1.807) is 0 Å². The molecule has 0 saturated carbocycles. The van der Waals surface area contributed by atoms with Crippen LogP contribution in [-0.2, 0) is 5.41 Å². The van der Waals surface area contributed by atoms with E-state index >= 15 is 0 Å². The highest BCUT2D eigenvalue weighted by Gasteiger charge is 2.37. The molecule has 0 spiro atoms. The normalized spacial score (nSPS) is 12.7. The van der Waals surface area contributed by atoms with Crippen molar-refractivity contribution in [1.82, 2.24) is 9.97 Å². The average Bonchev–Trinajstić information content (AvgIpc) is 3.59. The maximum Gasteiger partial charge on any atom is 0.160 e. The molecule has 296 valence electrons. The first kappa shape index (κ1) is 36.9. The minimum atomic E-state index is -0.122. The van der Waals surface area contributed by atoms with Gasteiger partial charge in [0.25, 0.3) is 0 Å². The molecule has 0 fully saturated rings. The van der Waals surface area contributed by atoms with Gasteiger partial charge < -0.3 is 0 Å². The molecule has 0 unspecified atom stereocenters. The van der Waals surface area contributed by atoms with Crippen molar-refractivity contribution in [2.45, 2.75) is 19.3 Å². The van der Waals surface area contributed by atoms with Gasteiger partial charge in [-0.1, -0.05) is 202 Å². The molecule has 0 saturated heterocycles. The fraction of sp³-hybridized carbons (Fsp3) is 0.0492. The minimum absolute atomic E-state index is 0.122. The standard InChI is InChI=1S/C61H42N2/c1-61(2)55-31-11-10-28-51(55)53-30-15-29-50(59(53)61)43-22-14-24-46(36-43)57-38-56(62-60(63-57)40-17-4-3-5-18-40)45-23-12-20-41(34-45)42-21-13-25-47(35-42)58-49-27-9-7-19-44(49)37-54-48-26-8-6-16-39(48)32-33-52(54)58/h3-38H,1-2H3. The lowest BCUT2D eigenvalue weighted by Gasteiger charge is -2.24. The Morgan fingerprint density at radius 2 is 0.857 bits per heavy atom. The van der Waals surface area contributed by atoms with E-state index in [0.717, 1.165) is 39.2 Å². The zero-order valence-electron chi connectivity index (χ0n) is 35.2. The quantitative estimate of drug-likeness (QED) is 0.124. The van der Waals surface area contributed by atoms with Gasteiger partial charge in [0.1, 0.15) is 0 Å². The van der Waals surface area contributed by atoms with Crippen molar-refractivity contribution in [1.29, 1.82) is 0 Å². The molecule has 1 aromatic heterocycles. The molecule has 0 amide bonds. The second-order valence-corrected chi connectivity index (χ2v) is 17.3. The Morgan fingerprint density at radius 1 is 0.317 bits per heavy atom. The van der Waals surface area contributed by atoms with E-state index in [1.807, 2.05) is 6.07 Å². The highest BCUT2D eigenvalue weighted by atomic mass is 14.9. The number of rotatable bonds is 6. The van der Waals surface area contributed by atoms with Crippen LogP contribution < -0.4 is 0 Å². The predicted molar refractivity (Wildman–Crippen MR) is 265 cm³/mol. The monoisotopic (exact) mass is 802 g/mol. The van der Waals surface area contributed by atoms with Gasteiger partial charge in [-0.15, -0.1) is 0 Å². The summed E-state index contributed by atoms with van der Waals surface area (Å²) in [6.45, 7) is 4.71. The molecular formula is C61H42N2. The van der Waals surface area contributed by atoms with Gasteiger partial charge in [0.05, 0.1) is 11.4 Å². The first-order valence-electron chi connectivity index (χ1n) is 21.8. The maximum absolute atomic E-state index is 5.25. The number of aromatic nitrogens is 2. The Balaban J connectivity index is 0.970. The SMILES string of the molecule is CC1(C)c2ccccc2-c2cccc(-c3cccc(-c4cc(-c5cccc(-c6cccc(-c7c8ccccc8cc8c7ccc7ccccc78)c6)c5)nc(-c5ccccc5)n4)c3)c21. The summed E-state index contributed by atoms with van der Waals surface area (Å²) in [6.07, 6.45) is 0. The summed E-state index contributed by atoms with van der Waals surface area (Å²) >= 11 is 0. The molecule has 11 aromatic rings. The summed E-state index contributed by atoms with van der Waals surface area (Å²) in [4.78, 5) is 10.5. The molecule has 0 radical (unpaired) electrons. The second-order valence-electron chi connectivity index (χ2n) is 17.3. The van der Waals surface area contributed by atoms with E-state index in [1.165, 1.54) is 76.8 Å². The van der Waals surface area contributed by atoms with Crippen LogP contribution in [0.5, 0.6) is 0 Å². The van der Waals surface area contributed by atoms with Crippen LogP contribution in [0.1, 0.15) is 25.0 Å². The largest absolute Gasteiger partial charge is 0.228 e. The maximum atomic E-state index is 5.25. The van der Waals surface area contributed by atoms with E-state index in [4.69, 9.17) is 9.97 Å². The van der Waals surface area contributed by atoms with E-state index in [-0.39, 0.29) is 5.41 Å². The third-order valence-corrected chi connectivity index (χ3v) is 13.2. The summed E-state index contributed by atoms with van der Waals surface area (Å²) in [6, 6.07) is 79.2. The Hall–Kier alpha value is -7.94. The van der Waals surface area contributed by atoms with Crippen LogP contribution in [0, 0.1) is 0 Å². The second kappa shape index (κ2) is 14.6. The first-order valence-corrected chi connectivity index (χ1v) is 21.8. The summed E-state index contributed by atoms with van der Waals surface area (Å²) in [7, 11) is 0. The zero-order valence-corrected chi connectivity index (χ0v) is 35.2. The number of fused-ring (bicyclic) bond motifs is 7. The van der Waals surface area contributed by atoms with Crippen molar-refractivity contribution < 1.29 is 0 Å². The lowest BCUT2D eigenvalue weighted by atomic mass is 9.78. The van der Waals surface area contributed by atoms with Gasteiger partial charge in [-0.05, 0) is 118 Å². The molecular weight excluding hydrogens is 761 g/mol. The van der Waals surface area contributed by atoms with Gasteiger partial charge in [-0.3, -0.25) is 0 Å². The third kappa shape index (κ3) is 6.17. The van der Waals surface area contributed by atoms with Crippen LogP contribution in [0.25, 0.3) is 111 Å². The zero-order chi connectivity index (χ0) is 42.1. The summed E-state index contributed by atoms with van der Waals surface area (Å²) < 4.78 is 0. The minimum Gasteiger partial charge on any atom is -0.228 e. The van der Waals surface area contributed by atoms with Gasteiger partial charge in [0.15, 0.2) is 5.82 Å². The Bertz CT molecular complexity index is 3600. The highest BCUT2D eigenvalue weighted by molar-refractivity contribution is 6.20. The topological polar surface area (TPSA) is 25.8 Å². The van der Waals surface area contributed by atoms with Crippen LogP contribution in [0.15, 0.2) is 218 Å². The number of benzene rings is 10. The Labute approximate surface area is 367 Å². The highest BCUT2D eigenvalue weighted by Crippen LogP contribution is 2.52. The predicted octanol–water partition coefficient (Wildman–Crippen LogP) is 16.2. The van der Waals surface area contributed by atoms with Crippen LogP contribution in [0.4, 0.5) is 0 Å². The molecule has 2 heteroatoms. The van der Waals surface area contributed by atoms with Gasteiger partial charge >= 0.3 is 0 Å². The van der Waals surface area contributed by atoms with E-state index in [0.29, 0.717) is 5.82 Å². The van der Waals surface area contributed by atoms with E-state index in [2.05, 4.69) is 226 Å². The molecule has 2 nitrogen and oxygen atoms in total. The summed E-state index contributed by atoms with van der Waals surface area (Å²) in [5.41, 5.74) is 17.3. The van der Waals surface area contributed by atoms with Crippen LogP contribution >= 0.6 is 0 Å². The summed E-state index contributed by atoms with van der Waals surface area (Å²) in [5, 5.41) is 7.55. The van der Waals surface area contributed by atoms with Crippen LogP contribution in [-0.4, -0.2) is 9.97 Å². The van der Waals surface area contributed by atoms with Crippen molar-refractivity contribution in [3.63, 3.8) is 0 Å². The van der Waals surface area contributed by atoms with Gasteiger partial charge in [0.2, 0.25) is 0 Å². The molecule has 0 N–H and O–H groups in total. The molecule has 0 bridgehead atoms. The molecule has 1 aliphatic rings. The molecule has 63 heavy (non-hydrogen) atoms. The lowest BCUT2D eigenvalue weighted by Crippen LogP contribution is -2.16. The smallest absolute Gasteiger partial charge is 0.160 e. The average molecular weight is 803 g/mol. The fourth-order valence-corrected chi connectivity index (χ4v) is 10.2. The van der Waals surface area contributed by atoms with Gasteiger partial charge in [-0.2, -0.15) is 0 Å². The third-order valence-electron chi connectivity index (χ3n) is 13.2. The van der Waals surface area contributed by atoms with Gasteiger partial charge in [0, 0.05) is 22.1 Å². The first-order chi connectivity index (χ1) is 31.0. The molecule has 12 rings (SSSR count). The van der Waals surface area contributed by atoms with Crippen molar-refractivity contribution in [3.05, 3.63) is 230 Å². The molecule has 0 atom stereocenters. The van der Waals surface area contributed by atoms with E-state index in [9.17, 15) is 0 Å². The lowest BCUT2D eigenvalue weighted by molar-refractivity contribution is 0.662. The van der Waals surface area contributed by atoms with Gasteiger partial charge in [-0.25, -0.2) is 9.97 Å². The number of hydrogen-bond acceptors (Lipinski definition) is 2. The van der Waals surface area contributed by atoms with Crippen molar-refractivity contribution >= 4 is 32.3 Å².